The first-order valence-electron chi connectivity index (χ1n) is 4.97. The predicted molar refractivity (Wildman–Crippen MR) is 54.6 cm³/mol. The molecular weight excluding hydrogens is 162 g/mol. The monoisotopic (exact) mass is 181 g/mol. The number of unbranched alkanes of at least 4 members (excludes halogenated alkanes) is 1. The minimum atomic E-state index is 0.510. The largest absolute Gasteiger partial charge is 0.332 e. The summed E-state index contributed by atoms with van der Waals surface area (Å²) in [6.07, 6.45) is 7.19. The van der Waals surface area contributed by atoms with Gasteiger partial charge in [-0.25, -0.2) is 4.98 Å². The van der Waals surface area contributed by atoms with Crippen molar-refractivity contribution in [1.82, 2.24) is 9.55 Å². The van der Waals surface area contributed by atoms with Crippen LogP contribution < -0.4 is 5.73 Å². The van der Waals surface area contributed by atoms with Gasteiger partial charge < -0.3 is 10.3 Å². The van der Waals surface area contributed by atoms with Gasteiger partial charge in [-0.2, -0.15) is 0 Å². The second kappa shape index (κ2) is 5.02. The quantitative estimate of drug-likeness (QED) is 0.703. The molecule has 1 rings (SSSR count). The molecular formula is C10H19N3. The van der Waals surface area contributed by atoms with E-state index in [2.05, 4.69) is 23.4 Å². The molecule has 0 amide bonds. The molecule has 0 aliphatic rings. The highest BCUT2D eigenvalue weighted by atomic mass is 15.1. The van der Waals surface area contributed by atoms with Gasteiger partial charge >= 0.3 is 0 Å². The van der Waals surface area contributed by atoms with Crippen LogP contribution in [0.2, 0.25) is 0 Å². The van der Waals surface area contributed by atoms with Crippen molar-refractivity contribution in [3.05, 3.63) is 18.2 Å². The number of hydrogen-bond donors (Lipinski definition) is 1. The predicted octanol–water partition coefficient (Wildman–Crippen LogP) is 1.75. The van der Waals surface area contributed by atoms with Gasteiger partial charge in [-0.05, 0) is 33.2 Å². The molecule has 3 heteroatoms. The zero-order valence-electron chi connectivity index (χ0n) is 8.53. The molecule has 0 aliphatic carbocycles. The first-order chi connectivity index (χ1) is 6.25. The van der Waals surface area contributed by atoms with Gasteiger partial charge in [0.05, 0.1) is 0 Å². The Balaban J connectivity index is 2.50. The Labute approximate surface area is 80.0 Å². The van der Waals surface area contributed by atoms with Crippen LogP contribution >= 0.6 is 0 Å². The van der Waals surface area contributed by atoms with Gasteiger partial charge in [-0.1, -0.05) is 0 Å². The Morgan fingerprint density at radius 1 is 1.46 bits per heavy atom. The molecule has 0 fully saturated rings. The summed E-state index contributed by atoms with van der Waals surface area (Å²) in [6.45, 7) is 5.13. The standard InChI is InChI=1S/C10H19N3/c1-9(2)13-8-7-12-10(13)5-3-4-6-11/h7-9H,3-6,11H2,1-2H3. The molecule has 0 aromatic carbocycles. The van der Waals surface area contributed by atoms with Crippen molar-refractivity contribution in [2.75, 3.05) is 6.54 Å². The van der Waals surface area contributed by atoms with Crippen LogP contribution in [0, 0.1) is 0 Å². The summed E-state index contributed by atoms with van der Waals surface area (Å²) < 4.78 is 2.22. The molecule has 0 unspecified atom stereocenters. The van der Waals surface area contributed by atoms with Crippen molar-refractivity contribution in [3.63, 3.8) is 0 Å². The van der Waals surface area contributed by atoms with E-state index in [-0.39, 0.29) is 0 Å². The van der Waals surface area contributed by atoms with Gasteiger partial charge in [0.2, 0.25) is 0 Å². The summed E-state index contributed by atoms with van der Waals surface area (Å²) in [6, 6.07) is 0.510. The van der Waals surface area contributed by atoms with Crippen molar-refractivity contribution >= 4 is 0 Å². The molecule has 0 saturated heterocycles. The van der Waals surface area contributed by atoms with E-state index < -0.39 is 0 Å². The van der Waals surface area contributed by atoms with Gasteiger partial charge in [-0.15, -0.1) is 0 Å². The van der Waals surface area contributed by atoms with E-state index in [0.717, 1.165) is 25.8 Å². The molecule has 0 radical (unpaired) electrons. The van der Waals surface area contributed by atoms with E-state index in [4.69, 9.17) is 5.73 Å². The lowest BCUT2D eigenvalue weighted by Crippen LogP contribution is -2.06. The smallest absolute Gasteiger partial charge is 0.108 e. The Morgan fingerprint density at radius 3 is 2.85 bits per heavy atom. The summed E-state index contributed by atoms with van der Waals surface area (Å²) in [5.74, 6) is 1.18. The molecule has 13 heavy (non-hydrogen) atoms. The van der Waals surface area contributed by atoms with Gasteiger partial charge in [0.15, 0.2) is 0 Å². The Kier molecular flexibility index (Phi) is 3.96. The number of aromatic nitrogens is 2. The van der Waals surface area contributed by atoms with Crippen molar-refractivity contribution in [3.8, 4) is 0 Å². The lowest BCUT2D eigenvalue weighted by molar-refractivity contribution is 0.556. The molecule has 1 aromatic heterocycles. The van der Waals surface area contributed by atoms with Crippen LogP contribution in [-0.2, 0) is 6.42 Å². The molecule has 74 valence electrons. The highest BCUT2D eigenvalue weighted by Crippen LogP contribution is 2.10. The average Bonchev–Trinajstić information content (AvgIpc) is 2.53. The maximum Gasteiger partial charge on any atom is 0.108 e. The normalized spacial score (nSPS) is 11.1. The van der Waals surface area contributed by atoms with Crippen LogP contribution in [0.1, 0.15) is 38.6 Å². The van der Waals surface area contributed by atoms with Gasteiger partial charge in [0.1, 0.15) is 5.82 Å². The minimum absolute atomic E-state index is 0.510. The molecule has 3 nitrogen and oxygen atoms in total. The molecule has 1 heterocycles. The zero-order valence-corrected chi connectivity index (χ0v) is 8.53. The SMILES string of the molecule is CC(C)n1ccnc1CCCCN. The van der Waals surface area contributed by atoms with E-state index in [1.165, 1.54) is 5.82 Å². The number of aryl methyl sites for hydroxylation is 1. The van der Waals surface area contributed by atoms with Gasteiger partial charge in [0.25, 0.3) is 0 Å². The van der Waals surface area contributed by atoms with Gasteiger partial charge in [-0.3, -0.25) is 0 Å². The zero-order chi connectivity index (χ0) is 9.68. The number of nitrogens with zero attached hydrogens (tertiary/aromatic N) is 2. The minimum Gasteiger partial charge on any atom is -0.332 e. The maximum absolute atomic E-state index is 5.44. The van der Waals surface area contributed by atoms with Crippen molar-refractivity contribution in [2.24, 2.45) is 5.73 Å². The summed E-state index contributed by atoms with van der Waals surface area (Å²) in [5, 5.41) is 0. The number of imidazole rings is 1. The molecule has 0 atom stereocenters. The number of rotatable bonds is 5. The Bertz CT molecular complexity index is 240. The number of hydrogen-bond acceptors (Lipinski definition) is 2. The second-order valence-electron chi connectivity index (χ2n) is 3.59. The van der Waals surface area contributed by atoms with E-state index in [1.807, 2.05) is 12.4 Å². The average molecular weight is 181 g/mol. The highest BCUT2D eigenvalue weighted by molar-refractivity contribution is 4.94. The van der Waals surface area contributed by atoms with E-state index in [9.17, 15) is 0 Å². The summed E-state index contributed by atoms with van der Waals surface area (Å²) >= 11 is 0. The number of nitrogens with two attached hydrogens (primary N) is 1. The van der Waals surface area contributed by atoms with Crippen molar-refractivity contribution in [1.29, 1.82) is 0 Å². The van der Waals surface area contributed by atoms with E-state index in [0.29, 0.717) is 6.04 Å². The third-order valence-electron chi connectivity index (χ3n) is 2.16. The third-order valence-corrected chi connectivity index (χ3v) is 2.16. The Hall–Kier alpha value is -0.830. The second-order valence-corrected chi connectivity index (χ2v) is 3.59. The van der Waals surface area contributed by atoms with Crippen molar-refractivity contribution in [2.45, 2.75) is 39.2 Å². The fourth-order valence-corrected chi connectivity index (χ4v) is 1.44. The lowest BCUT2D eigenvalue weighted by atomic mass is 10.2. The van der Waals surface area contributed by atoms with Crippen molar-refractivity contribution < 1.29 is 0 Å². The van der Waals surface area contributed by atoms with Crippen LogP contribution in [0.25, 0.3) is 0 Å². The Morgan fingerprint density at radius 2 is 2.23 bits per heavy atom. The maximum atomic E-state index is 5.44. The molecule has 0 saturated carbocycles. The lowest BCUT2D eigenvalue weighted by Gasteiger charge is -2.10. The fourth-order valence-electron chi connectivity index (χ4n) is 1.44. The van der Waals surface area contributed by atoms with Crippen LogP contribution in [0.5, 0.6) is 0 Å². The molecule has 0 bridgehead atoms. The van der Waals surface area contributed by atoms with Crippen LogP contribution in [0.4, 0.5) is 0 Å². The van der Waals surface area contributed by atoms with Crippen LogP contribution in [-0.4, -0.2) is 16.1 Å². The summed E-state index contributed by atoms with van der Waals surface area (Å²) in [4.78, 5) is 4.33. The van der Waals surface area contributed by atoms with E-state index >= 15 is 0 Å². The first kappa shape index (κ1) is 10.3. The first-order valence-corrected chi connectivity index (χ1v) is 4.97. The summed E-state index contributed by atoms with van der Waals surface area (Å²) in [5.41, 5.74) is 5.44. The summed E-state index contributed by atoms with van der Waals surface area (Å²) in [7, 11) is 0. The van der Waals surface area contributed by atoms with Gasteiger partial charge in [0, 0.05) is 24.9 Å². The van der Waals surface area contributed by atoms with Crippen LogP contribution in [0.3, 0.4) is 0 Å². The molecule has 1 aromatic rings. The molecule has 0 aliphatic heterocycles. The van der Waals surface area contributed by atoms with E-state index in [1.54, 1.807) is 0 Å². The van der Waals surface area contributed by atoms with Crippen LogP contribution in [0.15, 0.2) is 12.4 Å². The highest BCUT2D eigenvalue weighted by Gasteiger charge is 2.04. The third kappa shape index (κ3) is 2.84. The fraction of sp³-hybridized carbons (Fsp3) is 0.700. The molecule has 2 N–H and O–H groups in total. The topological polar surface area (TPSA) is 43.8 Å². The molecule has 0 spiro atoms.